The molecule has 0 aliphatic carbocycles. The van der Waals surface area contributed by atoms with Gasteiger partial charge in [0.25, 0.3) is 0 Å². The first-order chi connectivity index (χ1) is 9.18. The van der Waals surface area contributed by atoms with E-state index in [-0.39, 0.29) is 17.9 Å². The minimum atomic E-state index is -0.0449. The molecule has 1 aromatic rings. The number of hydrogen-bond donors (Lipinski definition) is 2. The number of anilines is 1. The number of carbonyl (C=O) groups excluding carboxylic acids is 1. The molecule has 1 amide bonds. The van der Waals surface area contributed by atoms with E-state index >= 15 is 0 Å². The van der Waals surface area contributed by atoms with Gasteiger partial charge >= 0.3 is 0 Å². The molecule has 19 heavy (non-hydrogen) atoms. The normalized spacial score (nSPS) is 17.7. The van der Waals surface area contributed by atoms with Gasteiger partial charge < -0.3 is 15.4 Å². The third-order valence-electron chi connectivity index (χ3n) is 3.25. The highest BCUT2D eigenvalue weighted by Crippen LogP contribution is 2.31. The monoisotopic (exact) mass is 262 g/mol. The lowest BCUT2D eigenvalue weighted by Gasteiger charge is -2.25. The fourth-order valence-corrected chi connectivity index (χ4v) is 2.33. The van der Waals surface area contributed by atoms with E-state index in [2.05, 4.69) is 10.6 Å². The van der Waals surface area contributed by atoms with Gasteiger partial charge in [-0.1, -0.05) is 18.2 Å². The largest absolute Gasteiger partial charge is 0.385 e. The van der Waals surface area contributed by atoms with Gasteiger partial charge in [0.2, 0.25) is 5.91 Å². The highest BCUT2D eigenvalue weighted by molar-refractivity contribution is 5.86. The Morgan fingerprint density at radius 3 is 3.05 bits per heavy atom. The van der Waals surface area contributed by atoms with Crippen LogP contribution < -0.4 is 10.6 Å². The molecule has 0 radical (unpaired) electrons. The van der Waals surface area contributed by atoms with E-state index in [1.165, 1.54) is 0 Å². The molecule has 0 fully saturated rings. The smallest absolute Gasteiger partial charge is 0.227 e. The molecule has 1 atom stereocenters. The van der Waals surface area contributed by atoms with Crippen molar-refractivity contribution in [2.45, 2.75) is 32.3 Å². The van der Waals surface area contributed by atoms with E-state index in [1.54, 1.807) is 0 Å². The van der Waals surface area contributed by atoms with E-state index in [9.17, 15) is 4.79 Å². The predicted molar refractivity (Wildman–Crippen MR) is 76.4 cm³/mol. The topological polar surface area (TPSA) is 50.4 Å². The number of nitrogens with one attached hydrogen (secondary N) is 2. The van der Waals surface area contributed by atoms with Crippen LogP contribution in [0.15, 0.2) is 24.3 Å². The summed E-state index contributed by atoms with van der Waals surface area (Å²) >= 11 is 0. The molecular formula is C15H22N2O2. The first-order valence-electron chi connectivity index (χ1n) is 6.90. The first kappa shape index (κ1) is 13.9. The standard InChI is InChI=1S/C15H22N2O2/c1-11(2)19-10-9-17-15(18)13-7-8-16-14-6-4-3-5-12(13)14/h3-6,11,13,16H,7-10H2,1-2H3,(H,17,18). The van der Waals surface area contributed by atoms with Crippen LogP contribution in [-0.4, -0.2) is 31.7 Å². The van der Waals surface area contributed by atoms with Gasteiger partial charge in [0.05, 0.1) is 18.6 Å². The van der Waals surface area contributed by atoms with E-state index in [4.69, 9.17) is 4.74 Å². The fourth-order valence-electron chi connectivity index (χ4n) is 2.33. The van der Waals surface area contributed by atoms with E-state index in [0.29, 0.717) is 13.2 Å². The zero-order chi connectivity index (χ0) is 13.7. The van der Waals surface area contributed by atoms with Crippen LogP contribution in [0.25, 0.3) is 0 Å². The van der Waals surface area contributed by atoms with Crippen molar-refractivity contribution < 1.29 is 9.53 Å². The molecule has 0 saturated heterocycles. The zero-order valence-electron chi connectivity index (χ0n) is 11.6. The van der Waals surface area contributed by atoms with Gasteiger partial charge in [-0.3, -0.25) is 4.79 Å². The number of ether oxygens (including phenoxy) is 1. The van der Waals surface area contributed by atoms with Gasteiger partial charge in [-0.15, -0.1) is 0 Å². The summed E-state index contributed by atoms with van der Waals surface area (Å²) in [7, 11) is 0. The third-order valence-corrected chi connectivity index (χ3v) is 3.25. The predicted octanol–water partition coefficient (Wildman–Crippen LogP) is 2.13. The van der Waals surface area contributed by atoms with Crippen LogP contribution in [0.1, 0.15) is 31.7 Å². The summed E-state index contributed by atoms with van der Waals surface area (Å²) < 4.78 is 5.42. The maximum Gasteiger partial charge on any atom is 0.227 e. The molecule has 4 heteroatoms. The average molecular weight is 262 g/mol. The summed E-state index contributed by atoms with van der Waals surface area (Å²) in [5.74, 6) is 0.0535. The molecule has 104 valence electrons. The summed E-state index contributed by atoms with van der Waals surface area (Å²) in [5, 5.41) is 6.28. The van der Waals surface area contributed by atoms with Gasteiger partial charge in [0.15, 0.2) is 0 Å². The van der Waals surface area contributed by atoms with Crippen LogP contribution in [0, 0.1) is 0 Å². The maximum atomic E-state index is 12.2. The summed E-state index contributed by atoms with van der Waals surface area (Å²) in [6.07, 6.45) is 1.05. The van der Waals surface area contributed by atoms with Crippen LogP contribution in [0.3, 0.4) is 0 Å². The van der Waals surface area contributed by atoms with Crippen LogP contribution in [0.4, 0.5) is 5.69 Å². The summed E-state index contributed by atoms with van der Waals surface area (Å²) in [6.45, 7) is 5.96. The molecule has 1 aliphatic heterocycles. The second-order valence-corrected chi connectivity index (χ2v) is 5.07. The van der Waals surface area contributed by atoms with Crippen molar-refractivity contribution >= 4 is 11.6 Å². The first-order valence-corrected chi connectivity index (χ1v) is 6.90. The SMILES string of the molecule is CC(C)OCCNC(=O)C1CCNc2ccccc21. The van der Waals surface area contributed by atoms with Crippen molar-refractivity contribution in [3.63, 3.8) is 0 Å². The van der Waals surface area contributed by atoms with Crippen molar-refractivity contribution in [2.24, 2.45) is 0 Å². The highest BCUT2D eigenvalue weighted by atomic mass is 16.5. The van der Waals surface area contributed by atoms with Gasteiger partial charge in [0, 0.05) is 18.8 Å². The number of fused-ring (bicyclic) bond motifs is 1. The Kier molecular flexibility index (Phi) is 4.80. The zero-order valence-corrected chi connectivity index (χ0v) is 11.6. The van der Waals surface area contributed by atoms with Crippen molar-refractivity contribution in [3.8, 4) is 0 Å². The summed E-state index contributed by atoms with van der Waals surface area (Å²) in [4.78, 5) is 12.2. The molecule has 1 heterocycles. The molecule has 1 aliphatic rings. The number of carbonyl (C=O) groups is 1. The Morgan fingerprint density at radius 2 is 2.26 bits per heavy atom. The Labute approximate surface area is 114 Å². The molecule has 0 aromatic heterocycles. The Morgan fingerprint density at radius 1 is 1.47 bits per heavy atom. The highest BCUT2D eigenvalue weighted by Gasteiger charge is 2.25. The molecule has 2 rings (SSSR count). The van der Waals surface area contributed by atoms with Crippen LogP contribution in [0.2, 0.25) is 0 Å². The number of benzene rings is 1. The molecule has 1 unspecified atom stereocenters. The van der Waals surface area contributed by atoms with Gasteiger partial charge in [-0.05, 0) is 31.9 Å². The Bertz CT molecular complexity index is 432. The van der Waals surface area contributed by atoms with Crippen molar-refractivity contribution in [3.05, 3.63) is 29.8 Å². The van der Waals surface area contributed by atoms with Crippen molar-refractivity contribution in [2.75, 3.05) is 25.0 Å². The average Bonchev–Trinajstić information content (AvgIpc) is 2.42. The minimum Gasteiger partial charge on any atom is -0.385 e. The number of hydrogen-bond acceptors (Lipinski definition) is 3. The lowest BCUT2D eigenvalue weighted by molar-refractivity contribution is -0.123. The molecule has 2 N–H and O–H groups in total. The van der Waals surface area contributed by atoms with Crippen molar-refractivity contribution in [1.82, 2.24) is 5.32 Å². The quantitative estimate of drug-likeness (QED) is 0.799. The molecule has 0 bridgehead atoms. The fraction of sp³-hybridized carbons (Fsp3) is 0.533. The van der Waals surface area contributed by atoms with Crippen LogP contribution in [-0.2, 0) is 9.53 Å². The van der Waals surface area contributed by atoms with E-state index in [1.807, 2.05) is 38.1 Å². The summed E-state index contributed by atoms with van der Waals surface area (Å²) in [6, 6.07) is 8.02. The Hall–Kier alpha value is -1.55. The molecular weight excluding hydrogens is 240 g/mol. The van der Waals surface area contributed by atoms with E-state index in [0.717, 1.165) is 24.2 Å². The maximum absolute atomic E-state index is 12.2. The molecule has 4 nitrogen and oxygen atoms in total. The third kappa shape index (κ3) is 3.70. The van der Waals surface area contributed by atoms with Gasteiger partial charge in [0.1, 0.15) is 0 Å². The number of para-hydroxylation sites is 1. The van der Waals surface area contributed by atoms with Crippen molar-refractivity contribution in [1.29, 1.82) is 0 Å². The van der Waals surface area contributed by atoms with Crippen LogP contribution >= 0.6 is 0 Å². The number of rotatable bonds is 5. The lowest BCUT2D eigenvalue weighted by atomic mass is 9.90. The second-order valence-electron chi connectivity index (χ2n) is 5.07. The molecule has 0 saturated carbocycles. The second kappa shape index (κ2) is 6.57. The summed E-state index contributed by atoms with van der Waals surface area (Å²) in [5.41, 5.74) is 2.17. The molecule has 0 spiro atoms. The molecule has 1 aromatic carbocycles. The van der Waals surface area contributed by atoms with Gasteiger partial charge in [-0.25, -0.2) is 0 Å². The Balaban J connectivity index is 1.90. The minimum absolute atomic E-state index is 0.0449. The number of amides is 1. The van der Waals surface area contributed by atoms with Gasteiger partial charge in [-0.2, -0.15) is 0 Å². The lowest BCUT2D eigenvalue weighted by Crippen LogP contribution is -2.35. The van der Waals surface area contributed by atoms with Crippen LogP contribution in [0.5, 0.6) is 0 Å². The van der Waals surface area contributed by atoms with E-state index < -0.39 is 0 Å².